The van der Waals surface area contributed by atoms with Gasteiger partial charge in [-0.05, 0) is 56.9 Å². The zero-order valence-electron chi connectivity index (χ0n) is 17.5. The first-order valence-electron chi connectivity index (χ1n) is 9.39. The summed E-state index contributed by atoms with van der Waals surface area (Å²) in [7, 11) is 0.552. The minimum absolute atomic E-state index is 0.110. The minimum Gasteiger partial charge on any atom is -0.484 e. The van der Waals surface area contributed by atoms with Crippen LogP contribution >= 0.6 is 11.3 Å². The Balaban J connectivity index is 1.85. The molecular weight excluding hydrogens is 422 g/mol. The van der Waals surface area contributed by atoms with E-state index in [2.05, 4.69) is 4.98 Å². The van der Waals surface area contributed by atoms with Gasteiger partial charge in [0.1, 0.15) is 5.75 Å². The number of hydrogen-bond donors (Lipinski definition) is 0. The van der Waals surface area contributed by atoms with Crippen LogP contribution in [0.5, 0.6) is 5.75 Å². The number of benzene rings is 2. The van der Waals surface area contributed by atoms with Gasteiger partial charge in [0.05, 0.1) is 15.1 Å². The van der Waals surface area contributed by atoms with Crippen molar-refractivity contribution in [1.82, 2.24) is 9.88 Å². The lowest BCUT2D eigenvalue weighted by atomic mass is 10.2. The number of ether oxygens (including phenoxy) is 1. The number of aromatic nitrogens is 1. The molecule has 0 N–H and O–H groups in total. The van der Waals surface area contributed by atoms with Gasteiger partial charge < -0.3 is 9.64 Å². The Hall–Kier alpha value is -2.49. The van der Waals surface area contributed by atoms with Gasteiger partial charge in [-0.2, -0.15) is 0 Å². The zero-order chi connectivity index (χ0) is 21.9. The number of anilines is 1. The van der Waals surface area contributed by atoms with Crippen molar-refractivity contribution < 1.29 is 17.9 Å². The maximum Gasteiger partial charge on any atom is 0.266 e. The number of sulfone groups is 1. The van der Waals surface area contributed by atoms with Gasteiger partial charge in [0.15, 0.2) is 21.6 Å². The van der Waals surface area contributed by atoms with E-state index in [0.29, 0.717) is 29.5 Å². The molecule has 0 bridgehead atoms. The van der Waals surface area contributed by atoms with Crippen LogP contribution in [-0.4, -0.2) is 64.3 Å². The van der Waals surface area contributed by atoms with Crippen LogP contribution in [0, 0.1) is 6.92 Å². The molecule has 0 saturated heterocycles. The smallest absolute Gasteiger partial charge is 0.266 e. The number of aryl methyl sites for hydroxylation is 1. The number of fused-ring (bicyclic) bond motifs is 1. The molecule has 1 heterocycles. The van der Waals surface area contributed by atoms with Crippen LogP contribution in [0.15, 0.2) is 47.4 Å². The Morgan fingerprint density at radius 3 is 2.57 bits per heavy atom. The summed E-state index contributed by atoms with van der Waals surface area (Å²) in [5, 5.41) is 0.523. The second-order valence-electron chi connectivity index (χ2n) is 7.35. The molecule has 1 amide bonds. The quantitative estimate of drug-likeness (QED) is 0.528. The van der Waals surface area contributed by atoms with Crippen LogP contribution in [0.2, 0.25) is 0 Å². The summed E-state index contributed by atoms with van der Waals surface area (Å²) in [5.74, 6) is 0.429. The second-order valence-corrected chi connectivity index (χ2v) is 10.4. The lowest BCUT2D eigenvalue weighted by Crippen LogP contribution is -2.39. The summed E-state index contributed by atoms with van der Waals surface area (Å²) >= 11 is 1.30. The predicted octanol–water partition coefficient (Wildman–Crippen LogP) is 2.98. The van der Waals surface area contributed by atoms with E-state index in [0.717, 1.165) is 10.3 Å². The highest BCUT2D eigenvalue weighted by atomic mass is 32.2. The highest BCUT2D eigenvalue weighted by Crippen LogP contribution is 2.31. The second kappa shape index (κ2) is 9.11. The first kappa shape index (κ1) is 22.2. The Morgan fingerprint density at radius 2 is 1.90 bits per heavy atom. The molecule has 30 heavy (non-hydrogen) atoms. The maximum atomic E-state index is 13.0. The molecule has 0 fully saturated rings. The Kier molecular flexibility index (Phi) is 6.74. The number of carbonyl (C=O) groups excluding carboxylic acids is 1. The summed E-state index contributed by atoms with van der Waals surface area (Å²) in [4.78, 5) is 21.3. The highest BCUT2D eigenvalue weighted by molar-refractivity contribution is 7.90. The molecule has 0 atom stereocenters. The molecule has 7 nitrogen and oxygen atoms in total. The fraction of sp³-hybridized carbons (Fsp3) is 0.333. The van der Waals surface area contributed by atoms with Crippen molar-refractivity contribution >= 4 is 42.4 Å². The monoisotopic (exact) mass is 447 g/mol. The van der Waals surface area contributed by atoms with Crippen LogP contribution in [0.3, 0.4) is 0 Å². The summed E-state index contributed by atoms with van der Waals surface area (Å²) in [6.45, 7) is 2.95. The van der Waals surface area contributed by atoms with Gasteiger partial charge in [0.25, 0.3) is 5.91 Å². The van der Waals surface area contributed by atoms with E-state index in [1.54, 1.807) is 17.0 Å². The standard InChI is InChI=1S/C21H25N3O4S2/c1-15-6-5-7-16(12-15)28-14-20(25)24(11-10-23(2)3)21-22-18-9-8-17(30(4,26)27)13-19(18)29-21/h5-9,12-13H,10-11,14H2,1-4H3. The lowest BCUT2D eigenvalue weighted by molar-refractivity contribution is -0.120. The van der Waals surface area contributed by atoms with Crippen molar-refractivity contribution in [3.05, 3.63) is 48.0 Å². The normalized spacial score (nSPS) is 11.8. The first-order chi connectivity index (χ1) is 14.1. The van der Waals surface area contributed by atoms with Crippen molar-refractivity contribution in [2.75, 3.05) is 44.9 Å². The molecule has 0 radical (unpaired) electrons. The number of likely N-dealkylation sites (N-methyl/N-ethyl adjacent to an activating group) is 1. The summed E-state index contributed by atoms with van der Waals surface area (Å²) in [6.07, 6.45) is 1.17. The number of carbonyl (C=O) groups is 1. The average Bonchev–Trinajstić information content (AvgIpc) is 3.08. The van der Waals surface area contributed by atoms with E-state index in [1.807, 2.05) is 50.2 Å². The van der Waals surface area contributed by atoms with Gasteiger partial charge in [0.2, 0.25) is 0 Å². The van der Waals surface area contributed by atoms with Gasteiger partial charge >= 0.3 is 0 Å². The Labute approximate surface area is 180 Å². The molecule has 0 saturated carbocycles. The van der Waals surface area contributed by atoms with Crippen molar-refractivity contribution in [2.45, 2.75) is 11.8 Å². The summed E-state index contributed by atoms with van der Waals surface area (Å²) in [6, 6.07) is 12.3. The summed E-state index contributed by atoms with van der Waals surface area (Å²) < 4.78 is 30.1. The average molecular weight is 448 g/mol. The van der Waals surface area contributed by atoms with E-state index in [4.69, 9.17) is 4.74 Å². The van der Waals surface area contributed by atoms with E-state index < -0.39 is 9.84 Å². The zero-order valence-corrected chi connectivity index (χ0v) is 19.1. The number of thiazole rings is 1. The van der Waals surface area contributed by atoms with Crippen molar-refractivity contribution in [1.29, 1.82) is 0 Å². The van der Waals surface area contributed by atoms with Gasteiger partial charge in [-0.1, -0.05) is 23.5 Å². The molecule has 9 heteroatoms. The number of rotatable bonds is 8. The molecule has 0 unspecified atom stereocenters. The van der Waals surface area contributed by atoms with Crippen molar-refractivity contribution in [3.8, 4) is 5.75 Å². The van der Waals surface area contributed by atoms with Crippen LogP contribution in [0.1, 0.15) is 5.56 Å². The van der Waals surface area contributed by atoms with Crippen LogP contribution in [0.25, 0.3) is 10.2 Å². The number of nitrogens with zero attached hydrogens (tertiary/aromatic N) is 3. The van der Waals surface area contributed by atoms with Gasteiger partial charge in [-0.25, -0.2) is 13.4 Å². The molecule has 160 valence electrons. The lowest BCUT2D eigenvalue weighted by Gasteiger charge is -2.22. The van der Waals surface area contributed by atoms with Crippen LogP contribution in [0.4, 0.5) is 5.13 Å². The van der Waals surface area contributed by atoms with Gasteiger partial charge in [0, 0.05) is 19.3 Å². The van der Waals surface area contributed by atoms with Crippen molar-refractivity contribution in [2.24, 2.45) is 0 Å². The molecule has 1 aromatic heterocycles. The van der Waals surface area contributed by atoms with Crippen LogP contribution < -0.4 is 9.64 Å². The molecule has 0 aliphatic heterocycles. The highest BCUT2D eigenvalue weighted by Gasteiger charge is 2.21. The maximum absolute atomic E-state index is 13.0. The molecular formula is C21H25N3O4S2. The fourth-order valence-electron chi connectivity index (χ4n) is 2.79. The number of hydrogen-bond acceptors (Lipinski definition) is 7. The Bertz CT molecular complexity index is 1160. The fourth-order valence-corrected chi connectivity index (χ4v) is 4.56. The summed E-state index contributed by atoms with van der Waals surface area (Å²) in [5.41, 5.74) is 1.71. The Morgan fingerprint density at radius 1 is 1.13 bits per heavy atom. The van der Waals surface area contributed by atoms with E-state index in [-0.39, 0.29) is 17.4 Å². The molecule has 0 spiro atoms. The topological polar surface area (TPSA) is 79.8 Å². The van der Waals surface area contributed by atoms with E-state index >= 15 is 0 Å². The van der Waals surface area contributed by atoms with Gasteiger partial charge in [-0.15, -0.1) is 0 Å². The van der Waals surface area contributed by atoms with E-state index in [1.165, 1.54) is 23.7 Å². The predicted molar refractivity (Wildman–Crippen MR) is 120 cm³/mol. The molecule has 3 rings (SSSR count). The van der Waals surface area contributed by atoms with E-state index in [9.17, 15) is 13.2 Å². The molecule has 0 aliphatic carbocycles. The number of amides is 1. The van der Waals surface area contributed by atoms with Crippen molar-refractivity contribution in [3.63, 3.8) is 0 Å². The first-order valence-corrected chi connectivity index (χ1v) is 12.1. The van der Waals surface area contributed by atoms with Crippen LogP contribution in [-0.2, 0) is 14.6 Å². The third-order valence-electron chi connectivity index (χ3n) is 4.43. The molecule has 3 aromatic rings. The van der Waals surface area contributed by atoms with Gasteiger partial charge in [-0.3, -0.25) is 9.69 Å². The molecule has 0 aliphatic rings. The third-order valence-corrected chi connectivity index (χ3v) is 6.58. The SMILES string of the molecule is Cc1cccc(OCC(=O)N(CCN(C)C)c2nc3ccc(S(C)(=O)=O)cc3s2)c1. The molecule has 2 aromatic carbocycles. The largest absolute Gasteiger partial charge is 0.484 e. The third kappa shape index (κ3) is 5.56. The minimum atomic E-state index is -3.31.